The molecule has 20 heavy (non-hydrogen) atoms. The minimum Gasteiger partial charge on any atom is -0.357 e. The van der Waals surface area contributed by atoms with Crippen LogP contribution in [-0.2, 0) is 0 Å². The average molecular weight is 280 g/mol. The Kier molecular flexibility index (Phi) is 5.53. The van der Waals surface area contributed by atoms with Gasteiger partial charge in [0.05, 0.1) is 0 Å². The zero-order valence-electron chi connectivity index (χ0n) is 13.8. The summed E-state index contributed by atoms with van der Waals surface area (Å²) in [5, 5.41) is 6.37. The smallest absolute Gasteiger partial charge is 0.231 e. The first-order valence-electron chi connectivity index (χ1n) is 7.27. The second kappa shape index (κ2) is 6.72. The van der Waals surface area contributed by atoms with Crippen LogP contribution in [0.2, 0.25) is 0 Å². The minimum atomic E-state index is 0.141. The monoisotopic (exact) mass is 280 g/mol. The Morgan fingerprint density at radius 3 is 2.05 bits per heavy atom. The van der Waals surface area contributed by atoms with Crippen LogP contribution < -0.4 is 15.5 Å². The van der Waals surface area contributed by atoms with Gasteiger partial charge in [0.1, 0.15) is 0 Å². The molecule has 0 fully saturated rings. The highest BCUT2D eigenvalue weighted by Gasteiger charge is 2.21. The molecule has 1 aromatic heterocycles. The molecule has 6 heteroatoms. The van der Waals surface area contributed by atoms with E-state index in [1.165, 1.54) is 0 Å². The van der Waals surface area contributed by atoms with Crippen LogP contribution in [0.5, 0.6) is 0 Å². The molecule has 1 atom stereocenters. The molecule has 1 heterocycles. The Balaban J connectivity index is 3.04. The summed E-state index contributed by atoms with van der Waals surface area (Å²) in [6, 6.07) is 0.263. The number of anilines is 3. The van der Waals surface area contributed by atoms with Crippen molar-refractivity contribution in [3.63, 3.8) is 0 Å². The molecule has 0 aliphatic heterocycles. The van der Waals surface area contributed by atoms with Crippen molar-refractivity contribution >= 4 is 17.8 Å². The average Bonchev–Trinajstić information content (AvgIpc) is 2.38. The fourth-order valence-corrected chi connectivity index (χ4v) is 1.60. The van der Waals surface area contributed by atoms with Gasteiger partial charge in [-0.05, 0) is 26.2 Å². The van der Waals surface area contributed by atoms with E-state index >= 15 is 0 Å². The molecule has 1 rings (SSSR count). The third-order valence-electron chi connectivity index (χ3n) is 3.54. The lowest BCUT2D eigenvalue weighted by atomic mass is 9.88. The summed E-state index contributed by atoms with van der Waals surface area (Å²) < 4.78 is 0. The van der Waals surface area contributed by atoms with E-state index in [4.69, 9.17) is 0 Å². The highest BCUT2D eigenvalue weighted by Crippen LogP contribution is 2.22. The zero-order chi connectivity index (χ0) is 15.3. The van der Waals surface area contributed by atoms with Gasteiger partial charge in [-0.1, -0.05) is 20.8 Å². The maximum absolute atomic E-state index is 4.53. The highest BCUT2D eigenvalue weighted by molar-refractivity contribution is 5.43. The molecule has 0 aromatic carbocycles. The third kappa shape index (κ3) is 4.21. The molecule has 2 N–H and O–H groups in total. The van der Waals surface area contributed by atoms with Crippen molar-refractivity contribution in [2.45, 2.75) is 47.6 Å². The Bertz CT molecular complexity index is 422. The topological polar surface area (TPSA) is 66.0 Å². The quantitative estimate of drug-likeness (QED) is 0.835. The van der Waals surface area contributed by atoms with Crippen LogP contribution in [0.15, 0.2) is 0 Å². The van der Waals surface area contributed by atoms with Crippen LogP contribution in [0.3, 0.4) is 0 Å². The van der Waals surface area contributed by atoms with Crippen LogP contribution in [-0.4, -0.2) is 41.1 Å². The van der Waals surface area contributed by atoms with E-state index in [2.05, 4.69) is 72.0 Å². The molecule has 0 saturated heterocycles. The molecule has 1 unspecified atom stereocenters. The summed E-state index contributed by atoms with van der Waals surface area (Å²) in [5.41, 5.74) is 0.141. The number of nitrogens with zero attached hydrogens (tertiary/aromatic N) is 4. The van der Waals surface area contributed by atoms with Crippen molar-refractivity contribution in [2.24, 2.45) is 5.41 Å². The third-order valence-corrected chi connectivity index (χ3v) is 3.54. The SMILES string of the molecule is CCN(CC)c1nc(NC)nc(NC(C)C(C)(C)C)n1. The maximum Gasteiger partial charge on any atom is 0.231 e. The Hall–Kier alpha value is -1.59. The van der Waals surface area contributed by atoms with Gasteiger partial charge in [-0.3, -0.25) is 0 Å². The van der Waals surface area contributed by atoms with E-state index in [0.717, 1.165) is 13.1 Å². The van der Waals surface area contributed by atoms with Gasteiger partial charge in [-0.25, -0.2) is 0 Å². The predicted molar refractivity (Wildman–Crippen MR) is 85.5 cm³/mol. The summed E-state index contributed by atoms with van der Waals surface area (Å²) in [7, 11) is 1.82. The van der Waals surface area contributed by atoms with Gasteiger partial charge in [0.25, 0.3) is 0 Å². The predicted octanol–water partition coefficient (Wildman–Crippen LogP) is 2.61. The molecule has 0 saturated carbocycles. The van der Waals surface area contributed by atoms with Gasteiger partial charge in [-0.15, -0.1) is 0 Å². The zero-order valence-corrected chi connectivity index (χ0v) is 13.8. The lowest BCUT2D eigenvalue weighted by Gasteiger charge is -2.28. The molecular weight excluding hydrogens is 252 g/mol. The van der Waals surface area contributed by atoms with Gasteiger partial charge in [0.15, 0.2) is 0 Å². The van der Waals surface area contributed by atoms with Crippen molar-refractivity contribution in [1.82, 2.24) is 15.0 Å². The second-order valence-corrected chi connectivity index (χ2v) is 5.94. The second-order valence-electron chi connectivity index (χ2n) is 5.94. The summed E-state index contributed by atoms with van der Waals surface area (Å²) in [6.07, 6.45) is 0. The normalized spacial score (nSPS) is 12.9. The number of aromatic nitrogens is 3. The molecule has 6 nitrogen and oxygen atoms in total. The summed E-state index contributed by atoms with van der Waals surface area (Å²) >= 11 is 0. The summed E-state index contributed by atoms with van der Waals surface area (Å²) in [6.45, 7) is 14.6. The fraction of sp³-hybridized carbons (Fsp3) is 0.786. The van der Waals surface area contributed by atoms with Gasteiger partial charge in [0.2, 0.25) is 17.8 Å². The lowest BCUT2D eigenvalue weighted by molar-refractivity contribution is 0.358. The Morgan fingerprint density at radius 2 is 1.60 bits per heavy atom. The van der Waals surface area contributed by atoms with Crippen molar-refractivity contribution in [3.8, 4) is 0 Å². The number of nitrogens with one attached hydrogen (secondary N) is 2. The number of hydrogen-bond donors (Lipinski definition) is 2. The lowest BCUT2D eigenvalue weighted by Crippen LogP contribution is -2.32. The van der Waals surface area contributed by atoms with Crippen molar-refractivity contribution in [1.29, 1.82) is 0 Å². The van der Waals surface area contributed by atoms with Crippen molar-refractivity contribution in [2.75, 3.05) is 35.7 Å². The molecule has 0 radical (unpaired) electrons. The Labute approximate surface area is 122 Å². The molecule has 0 aliphatic rings. The Morgan fingerprint density at radius 1 is 1.05 bits per heavy atom. The first kappa shape index (κ1) is 16.5. The van der Waals surface area contributed by atoms with Crippen LogP contribution in [0.25, 0.3) is 0 Å². The molecule has 0 bridgehead atoms. The van der Waals surface area contributed by atoms with E-state index in [9.17, 15) is 0 Å². The molecule has 1 aromatic rings. The van der Waals surface area contributed by atoms with Crippen molar-refractivity contribution in [3.05, 3.63) is 0 Å². The van der Waals surface area contributed by atoms with E-state index < -0.39 is 0 Å². The van der Waals surface area contributed by atoms with Crippen LogP contribution in [0.4, 0.5) is 17.8 Å². The maximum atomic E-state index is 4.53. The molecule has 114 valence electrons. The van der Waals surface area contributed by atoms with Gasteiger partial charge in [-0.2, -0.15) is 15.0 Å². The van der Waals surface area contributed by atoms with Gasteiger partial charge < -0.3 is 15.5 Å². The van der Waals surface area contributed by atoms with E-state index in [0.29, 0.717) is 17.8 Å². The first-order chi connectivity index (χ1) is 9.31. The molecule has 0 spiro atoms. The summed E-state index contributed by atoms with van der Waals surface area (Å²) in [5.74, 6) is 1.91. The molecule has 0 aliphatic carbocycles. The first-order valence-corrected chi connectivity index (χ1v) is 7.27. The van der Waals surface area contributed by atoms with Gasteiger partial charge in [0, 0.05) is 26.2 Å². The van der Waals surface area contributed by atoms with E-state index in [1.807, 2.05) is 7.05 Å². The molecular formula is C14H28N6. The number of rotatable bonds is 6. The largest absolute Gasteiger partial charge is 0.357 e. The summed E-state index contributed by atoms with van der Waals surface area (Å²) in [4.78, 5) is 15.4. The highest BCUT2D eigenvalue weighted by atomic mass is 15.3. The molecule has 0 amide bonds. The van der Waals surface area contributed by atoms with E-state index in [-0.39, 0.29) is 11.5 Å². The van der Waals surface area contributed by atoms with Crippen LogP contribution in [0, 0.1) is 5.41 Å². The van der Waals surface area contributed by atoms with Gasteiger partial charge >= 0.3 is 0 Å². The van der Waals surface area contributed by atoms with Crippen molar-refractivity contribution < 1.29 is 0 Å². The minimum absolute atomic E-state index is 0.141. The fourth-order valence-electron chi connectivity index (χ4n) is 1.60. The standard InChI is InChI=1S/C14H28N6/c1-8-20(9-2)13-18-11(15-7)17-12(19-13)16-10(3)14(4,5)6/h10H,8-9H2,1-7H3,(H2,15,16,17,18,19). The van der Waals surface area contributed by atoms with Crippen LogP contribution in [0.1, 0.15) is 41.5 Å². The number of hydrogen-bond acceptors (Lipinski definition) is 6. The van der Waals surface area contributed by atoms with E-state index in [1.54, 1.807) is 0 Å². The van der Waals surface area contributed by atoms with Crippen LogP contribution >= 0.6 is 0 Å².